The molecule has 0 aliphatic rings. The number of aliphatic carboxylic acids is 1. The summed E-state index contributed by atoms with van der Waals surface area (Å²) in [5, 5.41) is 16.0. The highest BCUT2D eigenvalue weighted by atomic mass is 32.1. The van der Waals surface area contributed by atoms with E-state index in [9.17, 15) is 14.4 Å². The summed E-state index contributed by atoms with van der Waals surface area (Å²) in [7, 11) is 0. The Morgan fingerprint density at radius 3 is 2.57 bits per heavy atom. The van der Waals surface area contributed by atoms with Crippen molar-refractivity contribution in [1.29, 1.82) is 0 Å². The predicted octanol–water partition coefficient (Wildman–Crippen LogP) is 1.48. The summed E-state index contributed by atoms with van der Waals surface area (Å²) in [6, 6.07) is 2.77. The Hall–Kier alpha value is -1.89. The third kappa shape index (κ3) is 5.18. The van der Waals surface area contributed by atoms with Crippen LogP contribution in [0.4, 0.5) is 0 Å². The van der Waals surface area contributed by atoms with Gasteiger partial charge >= 0.3 is 5.97 Å². The lowest BCUT2D eigenvalue weighted by Crippen LogP contribution is -2.45. The van der Waals surface area contributed by atoms with Crippen molar-refractivity contribution < 1.29 is 19.5 Å². The molecule has 0 fully saturated rings. The number of thiophene rings is 1. The molecule has 1 atom stereocenters. The number of nitrogens with one attached hydrogen (secondary N) is 2. The molecule has 0 aliphatic carbocycles. The molecule has 6 nitrogen and oxygen atoms in total. The van der Waals surface area contributed by atoms with E-state index in [-0.39, 0.29) is 18.4 Å². The van der Waals surface area contributed by atoms with E-state index < -0.39 is 17.4 Å². The molecule has 116 valence electrons. The van der Waals surface area contributed by atoms with Gasteiger partial charge in [-0.15, -0.1) is 11.3 Å². The van der Waals surface area contributed by atoms with Gasteiger partial charge in [-0.3, -0.25) is 14.4 Å². The van der Waals surface area contributed by atoms with Gasteiger partial charge in [0.15, 0.2) is 0 Å². The highest BCUT2D eigenvalue weighted by Gasteiger charge is 2.27. The molecule has 1 heterocycles. The quantitative estimate of drug-likeness (QED) is 0.710. The maximum atomic E-state index is 11.8. The second-order valence-electron chi connectivity index (χ2n) is 5.40. The number of carboxylic acids is 1. The number of hydrogen-bond acceptors (Lipinski definition) is 4. The van der Waals surface area contributed by atoms with Gasteiger partial charge in [0.05, 0.1) is 10.3 Å². The molecule has 21 heavy (non-hydrogen) atoms. The van der Waals surface area contributed by atoms with Crippen LogP contribution in [0.25, 0.3) is 0 Å². The second-order valence-corrected chi connectivity index (χ2v) is 6.35. The zero-order valence-electron chi connectivity index (χ0n) is 12.3. The molecule has 2 amide bonds. The second kappa shape index (κ2) is 7.21. The topological polar surface area (TPSA) is 95.5 Å². The van der Waals surface area contributed by atoms with Crippen molar-refractivity contribution in [2.75, 3.05) is 6.54 Å². The molecule has 0 radical (unpaired) electrons. The number of rotatable bonds is 7. The predicted molar refractivity (Wildman–Crippen MR) is 80.3 cm³/mol. The van der Waals surface area contributed by atoms with Gasteiger partial charge in [0.25, 0.3) is 5.91 Å². The lowest BCUT2D eigenvalue weighted by atomic mass is 9.90. The van der Waals surface area contributed by atoms with Crippen molar-refractivity contribution in [2.24, 2.45) is 5.41 Å². The molecule has 3 N–H and O–H groups in total. The summed E-state index contributed by atoms with van der Waals surface area (Å²) in [4.78, 5) is 35.1. The third-order valence-corrected chi connectivity index (χ3v) is 3.98. The van der Waals surface area contributed by atoms with Crippen LogP contribution < -0.4 is 10.6 Å². The van der Waals surface area contributed by atoms with Gasteiger partial charge in [0.2, 0.25) is 5.91 Å². The first kappa shape index (κ1) is 17.2. The molecule has 0 saturated heterocycles. The minimum atomic E-state index is -0.907. The molecule has 0 spiro atoms. The first-order valence-electron chi connectivity index (χ1n) is 6.59. The molecule has 1 rings (SSSR count). The largest absolute Gasteiger partial charge is 0.481 e. The van der Waals surface area contributed by atoms with E-state index in [4.69, 9.17) is 5.11 Å². The Bertz CT molecular complexity index is 511. The summed E-state index contributed by atoms with van der Waals surface area (Å²) < 4.78 is 0. The number of amides is 2. The SMILES string of the molecule is CC(NC(=O)c1cccs1)C(=O)NCCC(C)(C)C(=O)O. The number of carboxylic acid groups (broad SMARTS) is 1. The van der Waals surface area contributed by atoms with Gasteiger partial charge in [0, 0.05) is 6.54 Å². The third-order valence-electron chi connectivity index (χ3n) is 3.11. The summed E-state index contributed by atoms with van der Waals surface area (Å²) in [6.45, 7) is 5.04. The zero-order chi connectivity index (χ0) is 16.0. The van der Waals surface area contributed by atoms with Crippen LogP contribution in [0.2, 0.25) is 0 Å². The van der Waals surface area contributed by atoms with Gasteiger partial charge in [-0.2, -0.15) is 0 Å². The minimum absolute atomic E-state index is 0.247. The Labute approximate surface area is 127 Å². The molecule has 1 aromatic rings. The lowest BCUT2D eigenvalue weighted by Gasteiger charge is -2.20. The van der Waals surface area contributed by atoms with Crippen LogP contribution in [-0.2, 0) is 9.59 Å². The number of carbonyl (C=O) groups excluding carboxylic acids is 2. The van der Waals surface area contributed by atoms with Crippen molar-refractivity contribution in [1.82, 2.24) is 10.6 Å². The fourth-order valence-electron chi connectivity index (χ4n) is 1.50. The van der Waals surface area contributed by atoms with Crippen LogP contribution in [0, 0.1) is 5.41 Å². The first-order valence-corrected chi connectivity index (χ1v) is 7.47. The van der Waals surface area contributed by atoms with Crippen molar-refractivity contribution in [3.8, 4) is 0 Å². The monoisotopic (exact) mass is 312 g/mol. The van der Waals surface area contributed by atoms with Crippen LogP contribution in [0.15, 0.2) is 17.5 Å². The van der Waals surface area contributed by atoms with E-state index in [1.54, 1.807) is 38.3 Å². The Kier molecular flexibility index (Phi) is 5.90. The Balaban J connectivity index is 2.38. The fraction of sp³-hybridized carbons (Fsp3) is 0.500. The molecule has 0 saturated carbocycles. The average molecular weight is 312 g/mol. The van der Waals surface area contributed by atoms with E-state index in [2.05, 4.69) is 10.6 Å². The molecule has 1 unspecified atom stereocenters. The Morgan fingerprint density at radius 1 is 1.38 bits per heavy atom. The summed E-state index contributed by atoms with van der Waals surface area (Å²) in [5.41, 5.74) is -0.892. The first-order chi connectivity index (χ1) is 9.74. The average Bonchev–Trinajstić information content (AvgIpc) is 2.91. The summed E-state index contributed by atoms with van der Waals surface area (Å²) in [5.74, 6) is -1.53. The standard InChI is InChI=1S/C14H20N2O4S/c1-9(16-12(18)10-5-4-8-21-10)11(17)15-7-6-14(2,3)13(19)20/h4-5,8-9H,6-7H2,1-3H3,(H,15,17)(H,16,18)(H,19,20). The van der Waals surface area contributed by atoms with Gasteiger partial charge in [-0.25, -0.2) is 0 Å². The molecular formula is C14H20N2O4S. The maximum Gasteiger partial charge on any atom is 0.309 e. The van der Waals surface area contributed by atoms with Gasteiger partial charge < -0.3 is 15.7 Å². The fourth-order valence-corrected chi connectivity index (χ4v) is 2.13. The molecular weight excluding hydrogens is 292 g/mol. The molecule has 0 bridgehead atoms. The van der Waals surface area contributed by atoms with Crippen molar-refractivity contribution in [2.45, 2.75) is 33.2 Å². The number of carbonyl (C=O) groups is 3. The van der Waals surface area contributed by atoms with Crippen LogP contribution in [0.1, 0.15) is 36.9 Å². The summed E-state index contributed by atoms with van der Waals surface area (Å²) >= 11 is 1.30. The number of hydrogen-bond donors (Lipinski definition) is 3. The minimum Gasteiger partial charge on any atom is -0.481 e. The zero-order valence-corrected chi connectivity index (χ0v) is 13.1. The van der Waals surface area contributed by atoms with Gasteiger partial charge in [-0.05, 0) is 38.6 Å². The van der Waals surface area contributed by atoms with E-state index in [1.807, 2.05) is 0 Å². The molecule has 0 aliphatic heterocycles. The van der Waals surface area contributed by atoms with E-state index >= 15 is 0 Å². The summed E-state index contributed by atoms with van der Waals surface area (Å²) in [6.07, 6.45) is 0.319. The van der Waals surface area contributed by atoms with Crippen LogP contribution >= 0.6 is 11.3 Å². The van der Waals surface area contributed by atoms with Crippen LogP contribution in [-0.4, -0.2) is 35.5 Å². The maximum absolute atomic E-state index is 11.8. The van der Waals surface area contributed by atoms with Gasteiger partial charge in [-0.1, -0.05) is 6.07 Å². The van der Waals surface area contributed by atoms with E-state index in [1.165, 1.54) is 11.3 Å². The highest BCUT2D eigenvalue weighted by Crippen LogP contribution is 2.19. The lowest BCUT2D eigenvalue weighted by molar-refractivity contribution is -0.147. The smallest absolute Gasteiger partial charge is 0.309 e. The molecule has 0 aromatic carbocycles. The Morgan fingerprint density at radius 2 is 2.05 bits per heavy atom. The van der Waals surface area contributed by atoms with E-state index in [0.717, 1.165) is 0 Å². The van der Waals surface area contributed by atoms with E-state index in [0.29, 0.717) is 11.3 Å². The van der Waals surface area contributed by atoms with Crippen molar-refractivity contribution in [3.05, 3.63) is 22.4 Å². The van der Waals surface area contributed by atoms with Crippen molar-refractivity contribution in [3.63, 3.8) is 0 Å². The molecule has 1 aromatic heterocycles. The van der Waals surface area contributed by atoms with Crippen LogP contribution in [0.5, 0.6) is 0 Å². The van der Waals surface area contributed by atoms with Gasteiger partial charge in [0.1, 0.15) is 6.04 Å². The normalized spacial score (nSPS) is 12.5. The molecule has 7 heteroatoms. The highest BCUT2D eigenvalue weighted by molar-refractivity contribution is 7.12. The van der Waals surface area contributed by atoms with Crippen molar-refractivity contribution >= 4 is 29.1 Å². The van der Waals surface area contributed by atoms with Crippen LogP contribution in [0.3, 0.4) is 0 Å².